The third-order valence-electron chi connectivity index (χ3n) is 3.64. The van der Waals surface area contributed by atoms with Crippen molar-refractivity contribution in [2.45, 2.75) is 25.0 Å². The highest BCUT2D eigenvalue weighted by atomic mass is 79.9. The van der Waals surface area contributed by atoms with Gasteiger partial charge in [-0.25, -0.2) is 9.18 Å². The third kappa shape index (κ3) is 4.00. The Kier molecular flexibility index (Phi) is 4.94. The number of esters is 1. The van der Waals surface area contributed by atoms with E-state index in [4.69, 9.17) is 4.74 Å². The van der Waals surface area contributed by atoms with Crippen molar-refractivity contribution < 1.29 is 18.7 Å². The Balaban J connectivity index is 1.84. The first-order valence-electron chi connectivity index (χ1n) is 7.56. The van der Waals surface area contributed by atoms with Crippen molar-refractivity contribution in [2.75, 3.05) is 0 Å². The molecule has 0 spiro atoms. The Morgan fingerprint density at radius 3 is 2.54 bits per heavy atom. The molecular formula is C18H15BrFNO3. The minimum absolute atomic E-state index is 0.0372. The number of benzene rings is 2. The summed E-state index contributed by atoms with van der Waals surface area (Å²) in [5, 5.41) is 2.83. The number of halogens is 2. The van der Waals surface area contributed by atoms with E-state index < -0.39 is 17.9 Å². The number of carbonyl (C=O) groups excluding carboxylic acids is 2. The van der Waals surface area contributed by atoms with Gasteiger partial charge < -0.3 is 10.1 Å². The lowest BCUT2D eigenvalue weighted by atomic mass is 10.1. The van der Waals surface area contributed by atoms with Crippen LogP contribution in [-0.2, 0) is 9.53 Å². The van der Waals surface area contributed by atoms with E-state index in [1.807, 2.05) is 6.07 Å². The predicted molar refractivity (Wildman–Crippen MR) is 89.9 cm³/mol. The standard InChI is InChI=1S/C18H15BrFNO3/c19-15-9-6-12(20)10-14(15)18(23)24-16(11-4-2-1-3-5-11)17(22)21-13-7-8-13/h1-6,9-10,13,16H,7-8H2,(H,21,22)/t16-/m0/s1. The number of carbonyl (C=O) groups is 2. The van der Waals surface area contributed by atoms with Gasteiger partial charge in [0, 0.05) is 16.1 Å². The summed E-state index contributed by atoms with van der Waals surface area (Å²) in [7, 11) is 0. The van der Waals surface area contributed by atoms with E-state index in [0.29, 0.717) is 10.0 Å². The van der Waals surface area contributed by atoms with Crippen LogP contribution in [0.1, 0.15) is 34.9 Å². The molecule has 1 N–H and O–H groups in total. The molecule has 1 saturated carbocycles. The molecular weight excluding hydrogens is 377 g/mol. The Labute approximate surface area is 147 Å². The molecule has 0 heterocycles. The van der Waals surface area contributed by atoms with Crippen molar-refractivity contribution in [3.63, 3.8) is 0 Å². The van der Waals surface area contributed by atoms with Crippen LogP contribution in [0, 0.1) is 5.82 Å². The van der Waals surface area contributed by atoms with Crippen LogP contribution in [0.25, 0.3) is 0 Å². The maximum absolute atomic E-state index is 13.4. The molecule has 0 aliphatic heterocycles. The average Bonchev–Trinajstić information content (AvgIpc) is 3.39. The number of ether oxygens (including phenoxy) is 1. The molecule has 1 atom stereocenters. The predicted octanol–water partition coefficient (Wildman–Crippen LogP) is 3.76. The second-order valence-corrected chi connectivity index (χ2v) is 6.46. The first-order chi connectivity index (χ1) is 11.5. The molecule has 0 saturated heterocycles. The minimum Gasteiger partial charge on any atom is -0.444 e. The highest BCUT2D eigenvalue weighted by Gasteiger charge is 2.31. The van der Waals surface area contributed by atoms with Crippen LogP contribution in [0.4, 0.5) is 4.39 Å². The van der Waals surface area contributed by atoms with E-state index in [1.165, 1.54) is 12.1 Å². The maximum atomic E-state index is 13.4. The van der Waals surface area contributed by atoms with Gasteiger partial charge in [0.15, 0.2) is 0 Å². The summed E-state index contributed by atoms with van der Waals surface area (Å²) < 4.78 is 19.2. The first-order valence-corrected chi connectivity index (χ1v) is 8.35. The van der Waals surface area contributed by atoms with Gasteiger partial charge >= 0.3 is 5.97 Å². The fourth-order valence-corrected chi connectivity index (χ4v) is 2.64. The van der Waals surface area contributed by atoms with Crippen molar-refractivity contribution in [2.24, 2.45) is 0 Å². The Morgan fingerprint density at radius 2 is 1.88 bits per heavy atom. The van der Waals surface area contributed by atoms with Gasteiger partial charge in [-0.2, -0.15) is 0 Å². The molecule has 0 aromatic heterocycles. The molecule has 4 nitrogen and oxygen atoms in total. The number of nitrogens with one attached hydrogen (secondary N) is 1. The zero-order chi connectivity index (χ0) is 17.1. The lowest BCUT2D eigenvalue weighted by Gasteiger charge is -2.18. The van der Waals surface area contributed by atoms with Crippen molar-refractivity contribution in [1.82, 2.24) is 5.32 Å². The Morgan fingerprint density at radius 1 is 1.17 bits per heavy atom. The van der Waals surface area contributed by atoms with Gasteiger partial charge in [-0.3, -0.25) is 4.79 Å². The summed E-state index contributed by atoms with van der Waals surface area (Å²) in [4.78, 5) is 24.8. The van der Waals surface area contributed by atoms with E-state index in [9.17, 15) is 14.0 Å². The van der Waals surface area contributed by atoms with E-state index in [2.05, 4.69) is 21.2 Å². The summed E-state index contributed by atoms with van der Waals surface area (Å²) in [5.74, 6) is -1.69. The topological polar surface area (TPSA) is 55.4 Å². The van der Waals surface area contributed by atoms with Crippen LogP contribution in [0.15, 0.2) is 53.0 Å². The lowest BCUT2D eigenvalue weighted by Crippen LogP contribution is -2.33. The number of hydrogen-bond donors (Lipinski definition) is 1. The SMILES string of the molecule is O=C(O[C@H](C(=O)NC1CC1)c1ccccc1)c1cc(F)ccc1Br. The van der Waals surface area contributed by atoms with Gasteiger partial charge in [0.05, 0.1) is 5.56 Å². The smallest absolute Gasteiger partial charge is 0.340 e. The van der Waals surface area contributed by atoms with Crippen LogP contribution in [0.5, 0.6) is 0 Å². The van der Waals surface area contributed by atoms with Gasteiger partial charge in [0.1, 0.15) is 5.82 Å². The van der Waals surface area contributed by atoms with Gasteiger partial charge in [-0.15, -0.1) is 0 Å². The van der Waals surface area contributed by atoms with Crippen LogP contribution < -0.4 is 5.32 Å². The van der Waals surface area contributed by atoms with Gasteiger partial charge in [-0.05, 0) is 47.0 Å². The maximum Gasteiger partial charge on any atom is 0.340 e. The second-order valence-electron chi connectivity index (χ2n) is 5.60. The zero-order valence-corrected chi connectivity index (χ0v) is 14.3. The highest BCUT2D eigenvalue weighted by molar-refractivity contribution is 9.10. The molecule has 0 bridgehead atoms. The fraction of sp³-hybridized carbons (Fsp3) is 0.222. The summed E-state index contributed by atoms with van der Waals surface area (Å²) in [6.45, 7) is 0. The molecule has 2 aromatic rings. The summed E-state index contributed by atoms with van der Waals surface area (Å²) in [6.07, 6.45) is 0.780. The van der Waals surface area contributed by atoms with Gasteiger partial charge in [0.25, 0.3) is 5.91 Å². The van der Waals surface area contributed by atoms with Crippen LogP contribution in [-0.4, -0.2) is 17.9 Å². The van der Waals surface area contributed by atoms with Crippen LogP contribution >= 0.6 is 15.9 Å². The monoisotopic (exact) mass is 391 g/mol. The van der Waals surface area contributed by atoms with E-state index in [0.717, 1.165) is 18.9 Å². The molecule has 6 heteroatoms. The molecule has 1 aliphatic carbocycles. The normalized spacial score (nSPS) is 14.8. The summed E-state index contributed by atoms with van der Waals surface area (Å²) in [6, 6.07) is 12.6. The van der Waals surface area contributed by atoms with Crippen molar-refractivity contribution >= 4 is 27.8 Å². The third-order valence-corrected chi connectivity index (χ3v) is 4.33. The van der Waals surface area contributed by atoms with Crippen molar-refractivity contribution in [3.8, 4) is 0 Å². The number of rotatable bonds is 5. The van der Waals surface area contributed by atoms with Crippen LogP contribution in [0.3, 0.4) is 0 Å². The summed E-state index contributed by atoms with van der Waals surface area (Å²) in [5.41, 5.74) is 0.603. The van der Waals surface area contributed by atoms with Crippen molar-refractivity contribution in [1.29, 1.82) is 0 Å². The molecule has 3 rings (SSSR count). The summed E-state index contributed by atoms with van der Waals surface area (Å²) >= 11 is 3.20. The van der Waals surface area contributed by atoms with E-state index >= 15 is 0 Å². The molecule has 1 fully saturated rings. The molecule has 1 aliphatic rings. The molecule has 124 valence electrons. The van der Waals surface area contributed by atoms with E-state index in [1.54, 1.807) is 24.3 Å². The first kappa shape index (κ1) is 16.6. The molecule has 0 unspecified atom stereocenters. The Hall–Kier alpha value is -2.21. The van der Waals surface area contributed by atoms with Gasteiger partial charge in [0.2, 0.25) is 6.10 Å². The molecule has 2 aromatic carbocycles. The van der Waals surface area contributed by atoms with Crippen molar-refractivity contribution in [3.05, 3.63) is 69.9 Å². The molecule has 24 heavy (non-hydrogen) atoms. The quantitative estimate of drug-likeness (QED) is 0.789. The average molecular weight is 392 g/mol. The second kappa shape index (κ2) is 7.13. The van der Waals surface area contributed by atoms with E-state index in [-0.39, 0.29) is 17.5 Å². The number of hydrogen-bond acceptors (Lipinski definition) is 3. The van der Waals surface area contributed by atoms with Gasteiger partial charge in [-0.1, -0.05) is 30.3 Å². The Bertz CT molecular complexity index is 762. The zero-order valence-electron chi connectivity index (χ0n) is 12.7. The minimum atomic E-state index is -1.07. The van der Waals surface area contributed by atoms with Crippen LogP contribution in [0.2, 0.25) is 0 Å². The molecule has 0 radical (unpaired) electrons. The largest absolute Gasteiger partial charge is 0.444 e. The lowest BCUT2D eigenvalue weighted by molar-refractivity contribution is -0.130. The fourth-order valence-electron chi connectivity index (χ4n) is 2.23. The molecule has 1 amide bonds. The number of amides is 1. The highest BCUT2D eigenvalue weighted by Crippen LogP contribution is 2.26.